The Morgan fingerprint density at radius 2 is 1.93 bits per heavy atom. The van der Waals surface area contributed by atoms with Crippen molar-refractivity contribution in [3.8, 4) is 0 Å². The molecule has 8 nitrogen and oxygen atoms in total. The summed E-state index contributed by atoms with van der Waals surface area (Å²) in [4.78, 5) is 33.7. The van der Waals surface area contributed by atoms with Crippen molar-refractivity contribution in [1.29, 1.82) is 0 Å². The molecule has 3 aromatic heterocycles. The van der Waals surface area contributed by atoms with Crippen molar-refractivity contribution in [2.24, 2.45) is 5.92 Å². The smallest absolute Gasteiger partial charge is 0.258 e. The largest absolute Gasteiger partial charge is 0.304 e. The SMILES string of the molecule is O=C(Nc1n[nH]c2nc(NC(=O)C3CC3)sc12)c1cccnc1Cc1ccccc1. The number of thiazole rings is 1. The number of hydrogen-bond donors (Lipinski definition) is 3. The Labute approximate surface area is 175 Å². The van der Waals surface area contributed by atoms with Crippen LogP contribution >= 0.6 is 11.3 Å². The average Bonchev–Trinajstić information content (AvgIpc) is 3.45. The second kappa shape index (κ2) is 7.68. The number of pyridine rings is 1. The van der Waals surface area contributed by atoms with Crippen LogP contribution in [0.4, 0.5) is 10.9 Å². The van der Waals surface area contributed by atoms with E-state index in [1.807, 2.05) is 30.3 Å². The normalized spacial score (nSPS) is 13.3. The van der Waals surface area contributed by atoms with E-state index in [9.17, 15) is 9.59 Å². The van der Waals surface area contributed by atoms with Gasteiger partial charge in [0.25, 0.3) is 5.91 Å². The van der Waals surface area contributed by atoms with Gasteiger partial charge in [-0.2, -0.15) is 5.10 Å². The number of anilines is 2. The van der Waals surface area contributed by atoms with Crippen molar-refractivity contribution in [2.45, 2.75) is 19.3 Å². The quantitative estimate of drug-likeness (QED) is 0.443. The van der Waals surface area contributed by atoms with Crippen molar-refractivity contribution in [3.63, 3.8) is 0 Å². The van der Waals surface area contributed by atoms with Crippen molar-refractivity contribution in [2.75, 3.05) is 10.6 Å². The highest BCUT2D eigenvalue weighted by Crippen LogP contribution is 2.34. The van der Waals surface area contributed by atoms with E-state index in [-0.39, 0.29) is 17.7 Å². The minimum atomic E-state index is -0.292. The fraction of sp³-hybridized carbons (Fsp3) is 0.190. The topological polar surface area (TPSA) is 113 Å². The van der Waals surface area contributed by atoms with Gasteiger partial charge in [-0.3, -0.25) is 19.7 Å². The predicted molar refractivity (Wildman–Crippen MR) is 115 cm³/mol. The van der Waals surface area contributed by atoms with Gasteiger partial charge in [0.05, 0.1) is 11.3 Å². The van der Waals surface area contributed by atoms with Gasteiger partial charge in [0.2, 0.25) is 5.91 Å². The summed E-state index contributed by atoms with van der Waals surface area (Å²) in [7, 11) is 0. The minimum Gasteiger partial charge on any atom is -0.304 e. The van der Waals surface area contributed by atoms with Gasteiger partial charge < -0.3 is 10.6 Å². The maximum absolute atomic E-state index is 13.0. The summed E-state index contributed by atoms with van der Waals surface area (Å²) in [6.07, 6.45) is 4.08. The maximum atomic E-state index is 13.0. The number of amides is 2. The second-order valence-electron chi connectivity index (χ2n) is 7.15. The lowest BCUT2D eigenvalue weighted by Gasteiger charge is -2.08. The fourth-order valence-electron chi connectivity index (χ4n) is 3.16. The Hall–Kier alpha value is -3.59. The van der Waals surface area contributed by atoms with Gasteiger partial charge in [0, 0.05) is 18.5 Å². The molecule has 3 N–H and O–H groups in total. The summed E-state index contributed by atoms with van der Waals surface area (Å²) in [5.74, 6) is 0.178. The van der Waals surface area contributed by atoms with E-state index in [2.05, 4.69) is 30.8 Å². The van der Waals surface area contributed by atoms with Gasteiger partial charge in [-0.25, -0.2) is 4.98 Å². The van der Waals surface area contributed by atoms with Crippen LogP contribution in [0.1, 0.15) is 34.5 Å². The van der Waals surface area contributed by atoms with Crippen molar-refractivity contribution < 1.29 is 9.59 Å². The molecule has 1 aromatic carbocycles. The first-order valence-corrected chi connectivity index (χ1v) is 10.4. The summed E-state index contributed by atoms with van der Waals surface area (Å²) in [5, 5.41) is 13.1. The highest BCUT2D eigenvalue weighted by atomic mass is 32.1. The molecule has 150 valence electrons. The molecule has 1 fully saturated rings. The van der Waals surface area contributed by atoms with Gasteiger partial charge in [-0.1, -0.05) is 41.7 Å². The van der Waals surface area contributed by atoms with E-state index in [4.69, 9.17) is 0 Å². The third-order valence-electron chi connectivity index (χ3n) is 4.88. The van der Waals surface area contributed by atoms with E-state index >= 15 is 0 Å². The number of H-pyrrole nitrogens is 1. The van der Waals surface area contributed by atoms with Crippen LogP contribution < -0.4 is 10.6 Å². The fourth-order valence-corrected chi connectivity index (χ4v) is 4.02. The van der Waals surface area contributed by atoms with Crippen LogP contribution in [0, 0.1) is 5.92 Å². The number of aromatic amines is 1. The molecule has 1 aliphatic rings. The zero-order valence-corrected chi connectivity index (χ0v) is 16.7. The third-order valence-corrected chi connectivity index (χ3v) is 5.85. The van der Waals surface area contributed by atoms with Crippen LogP contribution in [0.15, 0.2) is 48.7 Å². The van der Waals surface area contributed by atoms with Crippen LogP contribution in [0.5, 0.6) is 0 Å². The zero-order chi connectivity index (χ0) is 20.5. The number of fused-ring (bicyclic) bond motifs is 1. The van der Waals surface area contributed by atoms with Crippen LogP contribution in [-0.2, 0) is 11.2 Å². The van der Waals surface area contributed by atoms with Gasteiger partial charge in [0.15, 0.2) is 16.6 Å². The van der Waals surface area contributed by atoms with Gasteiger partial charge in [-0.05, 0) is 30.5 Å². The van der Waals surface area contributed by atoms with E-state index in [0.717, 1.165) is 18.4 Å². The number of carbonyl (C=O) groups excluding carboxylic acids is 2. The zero-order valence-electron chi connectivity index (χ0n) is 15.9. The Balaban J connectivity index is 1.36. The van der Waals surface area contributed by atoms with Crippen molar-refractivity contribution >= 4 is 44.4 Å². The van der Waals surface area contributed by atoms with Gasteiger partial charge in [-0.15, -0.1) is 0 Å². The van der Waals surface area contributed by atoms with Crippen molar-refractivity contribution in [1.82, 2.24) is 20.2 Å². The molecule has 1 aliphatic carbocycles. The summed E-state index contributed by atoms with van der Waals surface area (Å²) in [6, 6.07) is 13.4. The van der Waals surface area contributed by atoms with Gasteiger partial charge >= 0.3 is 0 Å². The number of aromatic nitrogens is 4. The molecule has 0 aliphatic heterocycles. The summed E-state index contributed by atoms with van der Waals surface area (Å²) in [6.45, 7) is 0. The predicted octanol–water partition coefficient (Wildman–Crippen LogP) is 3.61. The molecule has 0 saturated heterocycles. The van der Waals surface area contributed by atoms with Crippen molar-refractivity contribution in [3.05, 3.63) is 65.5 Å². The summed E-state index contributed by atoms with van der Waals surface area (Å²) in [5.41, 5.74) is 2.78. The lowest BCUT2D eigenvalue weighted by Crippen LogP contribution is -2.15. The highest BCUT2D eigenvalue weighted by molar-refractivity contribution is 7.22. The molecule has 30 heavy (non-hydrogen) atoms. The Bertz CT molecular complexity index is 1230. The summed E-state index contributed by atoms with van der Waals surface area (Å²) < 4.78 is 0.683. The molecule has 0 radical (unpaired) electrons. The number of benzene rings is 1. The Morgan fingerprint density at radius 1 is 1.10 bits per heavy atom. The van der Waals surface area contributed by atoms with Gasteiger partial charge in [0.1, 0.15) is 4.70 Å². The first-order valence-electron chi connectivity index (χ1n) is 9.62. The molecule has 2 amide bonds. The standard InChI is InChI=1S/C21H18N6O2S/c28-19(13-8-9-13)25-21-24-18-16(30-21)17(26-27-18)23-20(29)14-7-4-10-22-15(14)11-12-5-2-1-3-6-12/h1-7,10,13H,8-9,11H2,(H3,23,24,25,26,27,28,29). The number of nitrogens with zero attached hydrogens (tertiary/aromatic N) is 3. The molecular weight excluding hydrogens is 400 g/mol. The molecule has 1 saturated carbocycles. The number of rotatable bonds is 6. The molecule has 5 rings (SSSR count). The van der Waals surface area contributed by atoms with Crippen LogP contribution in [0.25, 0.3) is 10.3 Å². The molecular formula is C21H18N6O2S. The number of nitrogens with one attached hydrogen (secondary N) is 3. The third kappa shape index (κ3) is 3.79. The number of hydrogen-bond acceptors (Lipinski definition) is 6. The lowest BCUT2D eigenvalue weighted by atomic mass is 10.0. The second-order valence-corrected chi connectivity index (χ2v) is 8.15. The Morgan fingerprint density at radius 3 is 2.73 bits per heavy atom. The maximum Gasteiger partial charge on any atom is 0.258 e. The average molecular weight is 418 g/mol. The first kappa shape index (κ1) is 18.4. The highest BCUT2D eigenvalue weighted by Gasteiger charge is 2.30. The van der Waals surface area contributed by atoms with E-state index in [1.54, 1.807) is 18.3 Å². The molecule has 0 unspecified atom stereocenters. The Kier molecular flexibility index (Phi) is 4.72. The molecule has 0 spiro atoms. The lowest BCUT2D eigenvalue weighted by molar-refractivity contribution is -0.117. The van der Waals surface area contributed by atoms with E-state index in [0.29, 0.717) is 39.0 Å². The molecule has 4 aromatic rings. The molecule has 9 heteroatoms. The number of carbonyl (C=O) groups is 2. The molecule has 0 atom stereocenters. The van der Waals surface area contributed by atoms with Crippen LogP contribution in [0.2, 0.25) is 0 Å². The van der Waals surface area contributed by atoms with Crippen LogP contribution in [0.3, 0.4) is 0 Å². The van der Waals surface area contributed by atoms with E-state index in [1.165, 1.54) is 11.3 Å². The molecule has 0 bridgehead atoms. The van der Waals surface area contributed by atoms with Crippen LogP contribution in [-0.4, -0.2) is 32.0 Å². The minimum absolute atomic E-state index is 0.00846. The van der Waals surface area contributed by atoms with E-state index < -0.39 is 0 Å². The summed E-state index contributed by atoms with van der Waals surface area (Å²) >= 11 is 1.28. The molecule has 3 heterocycles. The monoisotopic (exact) mass is 418 g/mol. The first-order chi connectivity index (χ1) is 14.7.